The third-order valence-electron chi connectivity index (χ3n) is 4.70. The largest absolute Gasteiger partial charge is 0.382 e. The molecule has 2 aliphatic rings. The van der Waals surface area contributed by atoms with E-state index in [1.54, 1.807) is 0 Å². The first-order valence-corrected chi connectivity index (χ1v) is 8.41. The molecule has 3 N–H and O–H groups in total. The SMILES string of the molecule is Nc1nsc(NC2CCN3CCCC23)c1-c1ccccc1. The van der Waals surface area contributed by atoms with Crippen molar-refractivity contribution in [3.05, 3.63) is 30.3 Å². The highest BCUT2D eigenvalue weighted by atomic mass is 32.1. The van der Waals surface area contributed by atoms with Crippen molar-refractivity contribution in [2.45, 2.75) is 31.3 Å². The lowest BCUT2D eigenvalue weighted by Crippen LogP contribution is -2.33. The monoisotopic (exact) mass is 300 g/mol. The van der Waals surface area contributed by atoms with E-state index in [1.165, 1.54) is 43.9 Å². The Balaban J connectivity index is 1.62. The molecule has 4 rings (SSSR count). The van der Waals surface area contributed by atoms with Gasteiger partial charge in [0.1, 0.15) is 10.8 Å². The van der Waals surface area contributed by atoms with E-state index in [0.717, 1.165) is 16.1 Å². The van der Waals surface area contributed by atoms with E-state index in [9.17, 15) is 0 Å². The van der Waals surface area contributed by atoms with Crippen LogP contribution in [-0.4, -0.2) is 34.4 Å². The molecule has 4 nitrogen and oxygen atoms in total. The maximum atomic E-state index is 6.10. The average Bonchev–Trinajstić information content (AvgIpc) is 3.18. The van der Waals surface area contributed by atoms with Crippen LogP contribution in [0.25, 0.3) is 11.1 Å². The minimum Gasteiger partial charge on any atom is -0.382 e. The van der Waals surface area contributed by atoms with Crippen molar-refractivity contribution >= 4 is 22.4 Å². The summed E-state index contributed by atoms with van der Waals surface area (Å²) in [4.78, 5) is 2.62. The lowest BCUT2D eigenvalue weighted by Gasteiger charge is -2.22. The fourth-order valence-electron chi connectivity index (χ4n) is 3.70. The van der Waals surface area contributed by atoms with Crippen molar-refractivity contribution in [2.24, 2.45) is 0 Å². The quantitative estimate of drug-likeness (QED) is 0.915. The molecule has 1 aromatic heterocycles. The first-order valence-electron chi connectivity index (χ1n) is 7.64. The Hall–Kier alpha value is -1.59. The fourth-order valence-corrected chi connectivity index (χ4v) is 4.50. The number of hydrogen-bond donors (Lipinski definition) is 2. The van der Waals surface area contributed by atoms with Crippen molar-refractivity contribution in [3.8, 4) is 11.1 Å². The van der Waals surface area contributed by atoms with Crippen LogP contribution < -0.4 is 11.1 Å². The van der Waals surface area contributed by atoms with Gasteiger partial charge in [-0.3, -0.25) is 4.90 Å². The standard InChI is InChI=1S/C16H20N4S/c17-15-14(11-5-2-1-3-6-11)16(21-19-15)18-12-8-10-20-9-4-7-13(12)20/h1-3,5-6,12-13,18H,4,7-10H2,(H2,17,19). The van der Waals surface area contributed by atoms with E-state index in [-0.39, 0.29) is 0 Å². The summed E-state index contributed by atoms with van der Waals surface area (Å²) in [6.07, 6.45) is 3.86. The van der Waals surface area contributed by atoms with E-state index in [4.69, 9.17) is 5.73 Å². The summed E-state index contributed by atoms with van der Waals surface area (Å²) in [5.41, 5.74) is 8.32. The predicted octanol–water partition coefficient (Wildman–Crippen LogP) is 3.04. The third kappa shape index (κ3) is 2.30. The van der Waals surface area contributed by atoms with Crippen LogP contribution >= 0.6 is 11.5 Å². The number of nitrogens with two attached hydrogens (primary N) is 1. The third-order valence-corrected chi connectivity index (χ3v) is 5.50. The first-order chi connectivity index (χ1) is 10.3. The number of benzene rings is 1. The maximum Gasteiger partial charge on any atom is 0.147 e. The van der Waals surface area contributed by atoms with Crippen molar-refractivity contribution < 1.29 is 0 Å². The normalized spacial score (nSPS) is 25.1. The van der Waals surface area contributed by atoms with Gasteiger partial charge >= 0.3 is 0 Å². The number of nitrogen functional groups attached to an aromatic ring is 1. The molecule has 0 saturated carbocycles. The summed E-state index contributed by atoms with van der Waals surface area (Å²) < 4.78 is 4.36. The molecule has 2 aromatic rings. The fraction of sp³-hybridized carbons (Fsp3) is 0.438. The van der Waals surface area contributed by atoms with Crippen LogP contribution in [0.1, 0.15) is 19.3 Å². The van der Waals surface area contributed by atoms with E-state index >= 15 is 0 Å². The molecule has 0 spiro atoms. The summed E-state index contributed by atoms with van der Waals surface area (Å²) in [6.45, 7) is 2.48. The Labute approximate surface area is 129 Å². The zero-order chi connectivity index (χ0) is 14.2. The summed E-state index contributed by atoms with van der Waals surface area (Å²) in [6, 6.07) is 11.5. The molecule has 2 fully saturated rings. The molecule has 5 heteroatoms. The number of hydrogen-bond acceptors (Lipinski definition) is 5. The highest BCUT2D eigenvalue weighted by molar-refractivity contribution is 7.11. The predicted molar refractivity (Wildman–Crippen MR) is 88.6 cm³/mol. The van der Waals surface area contributed by atoms with Crippen LogP contribution in [0.3, 0.4) is 0 Å². The topological polar surface area (TPSA) is 54.2 Å². The molecular formula is C16H20N4S. The van der Waals surface area contributed by atoms with Crippen LogP contribution in [0.2, 0.25) is 0 Å². The van der Waals surface area contributed by atoms with Gasteiger partial charge < -0.3 is 11.1 Å². The Morgan fingerprint density at radius 1 is 1.19 bits per heavy atom. The van der Waals surface area contributed by atoms with Gasteiger partial charge in [-0.25, -0.2) is 0 Å². The lowest BCUT2D eigenvalue weighted by atomic mass is 10.1. The minimum atomic E-state index is 0.537. The second kappa shape index (κ2) is 5.31. The number of nitrogens with zero attached hydrogens (tertiary/aromatic N) is 2. The average molecular weight is 300 g/mol. The highest BCUT2D eigenvalue weighted by Crippen LogP contribution is 2.39. The van der Waals surface area contributed by atoms with Crippen LogP contribution in [0.15, 0.2) is 30.3 Å². The maximum absolute atomic E-state index is 6.10. The number of rotatable bonds is 3. The molecule has 0 aliphatic carbocycles. The van der Waals surface area contributed by atoms with Gasteiger partial charge in [0.2, 0.25) is 0 Å². The Morgan fingerprint density at radius 2 is 2.05 bits per heavy atom. The van der Waals surface area contributed by atoms with Crippen molar-refractivity contribution in [3.63, 3.8) is 0 Å². The van der Waals surface area contributed by atoms with Crippen LogP contribution in [-0.2, 0) is 0 Å². The summed E-state index contributed by atoms with van der Waals surface area (Å²) in [7, 11) is 0. The second-order valence-corrected chi connectivity index (χ2v) is 6.70. The number of anilines is 2. The van der Waals surface area contributed by atoms with Gasteiger partial charge in [-0.15, -0.1) is 0 Å². The second-order valence-electron chi connectivity index (χ2n) is 5.92. The molecule has 2 saturated heterocycles. The smallest absolute Gasteiger partial charge is 0.147 e. The number of fused-ring (bicyclic) bond motifs is 1. The number of aromatic nitrogens is 1. The van der Waals surface area contributed by atoms with E-state index in [1.807, 2.05) is 18.2 Å². The van der Waals surface area contributed by atoms with Crippen molar-refractivity contribution in [2.75, 3.05) is 24.1 Å². The van der Waals surface area contributed by atoms with Crippen molar-refractivity contribution in [1.82, 2.24) is 9.27 Å². The molecule has 2 aliphatic heterocycles. The Bertz CT molecular complexity index is 624. The van der Waals surface area contributed by atoms with Gasteiger partial charge in [-0.05, 0) is 42.9 Å². The summed E-state index contributed by atoms with van der Waals surface area (Å²) in [5.74, 6) is 0.634. The van der Waals surface area contributed by atoms with Gasteiger partial charge in [-0.2, -0.15) is 4.37 Å². The molecule has 3 heterocycles. The zero-order valence-electron chi connectivity index (χ0n) is 12.0. The summed E-state index contributed by atoms with van der Waals surface area (Å²) >= 11 is 1.49. The Kier molecular flexibility index (Phi) is 3.31. The van der Waals surface area contributed by atoms with Gasteiger partial charge in [0, 0.05) is 18.6 Å². The van der Waals surface area contributed by atoms with E-state index in [0.29, 0.717) is 17.9 Å². The van der Waals surface area contributed by atoms with Gasteiger partial charge in [0.15, 0.2) is 0 Å². The molecule has 0 radical (unpaired) electrons. The van der Waals surface area contributed by atoms with Gasteiger partial charge in [0.25, 0.3) is 0 Å². The van der Waals surface area contributed by atoms with Crippen LogP contribution in [0.4, 0.5) is 10.8 Å². The summed E-state index contributed by atoms with van der Waals surface area (Å²) in [5, 5.41) is 4.86. The van der Waals surface area contributed by atoms with Crippen LogP contribution in [0, 0.1) is 0 Å². The molecular weight excluding hydrogens is 280 g/mol. The molecule has 2 unspecified atom stereocenters. The molecule has 0 amide bonds. The zero-order valence-corrected chi connectivity index (χ0v) is 12.8. The van der Waals surface area contributed by atoms with Crippen molar-refractivity contribution in [1.29, 1.82) is 0 Å². The van der Waals surface area contributed by atoms with Gasteiger partial charge in [0.05, 0.1) is 5.56 Å². The first kappa shape index (κ1) is 13.1. The van der Waals surface area contributed by atoms with Gasteiger partial charge in [-0.1, -0.05) is 30.3 Å². The number of nitrogens with one attached hydrogen (secondary N) is 1. The molecule has 110 valence electrons. The lowest BCUT2D eigenvalue weighted by molar-refractivity contribution is 0.318. The molecule has 1 aromatic carbocycles. The molecule has 2 atom stereocenters. The van der Waals surface area contributed by atoms with E-state index in [2.05, 4.69) is 26.7 Å². The minimum absolute atomic E-state index is 0.537. The van der Waals surface area contributed by atoms with Crippen LogP contribution in [0.5, 0.6) is 0 Å². The van der Waals surface area contributed by atoms with E-state index < -0.39 is 0 Å². The Morgan fingerprint density at radius 3 is 2.90 bits per heavy atom. The highest BCUT2D eigenvalue weighted by Gasteiger charge is 2.37. The molecule has 0 bridgehead atoms. The molecule has 21 heavy (non-hydrogen) atoms.